The molecule has 0 bridgehead atoms. The van der Waals surface area contributed by atoms with E-state index < -0.39 is 0 Å². The third-order valence-electron chi connectivity index (χ3n) is 4.01. The summed E-state index contributed by atoms with van der Waals surface area (Å²) in [4.78, 5) is 8.57. The molecule has 0 aliphatic heterocycles. The van der Waals surface area contributed by atoms with E-state index in [0.717, 1.165) is 18.4 Å². The van der Waals surface area contributed by atoms with E-state index in [1.165, 1.54) is 32.1 Å². The zero-order chi connectivity index (χ0) is 13.5. The molecule has 0 atom stereocenters. The van der Waals surface area contributed by atoms with E-state index in [9.17, 15) is 0 Å². The third-order valence-corrected chi connectivity index (χ3v) is 4.01. The molecule has 4 heteroatoms. The Bertz CT molecular complexity index is 375. The summed E-state index contributed by atoms with van der Waals surface area (Å²) in [6.45, 7) is 5.88. The van der Waals surface area contributed by atoms with Crippen molar-refractivity contribution in [3.63, 3.8) is 0 Å². The van der Waals surface area contributed by atoms with Gasteiger partial charge in [0, 0.05) is 18.8 Å². The standard InChI is InChI=1S/C15H25N3O/c1-3-12-5-7-13(8-6-12)11-17-15-16-10-9-14(18-15)19-4-2/h9-10,12-13H,3-8,11H2,1-2H3,(H,16,17,18). The van der Waals surface area contributed by atoms with Crippen LogP contribution in [0.4, 0.5) is 5.95 Å². The maximum Gasteiger partial charge on any atom is 0.225 e. The van der Waals surface area contributed by atoms with Gasteiger partial charge in [0.2, 0.25) is 11.8 Å². The van der Waals surface area contributed by atoms with E-state index >= 15 is 0 Å². The van der Waals surface area contributed by atoms with Gasteiger partial charge < -0.3 is 10.1 Å². The highest BCUT2D eigenvalue weighted by Gasteiger charge is 2.19. The molecule has 0 aromatic carbocycles. The minimum atomic E-state index is 0.636. The lowest BCUT2D eigenvalue weighted by Gasteiger charge is -2.27. The van der Waals surface area contributed by atoms with Crippen LogP contribution < -0.4 is 10.1 Å². The molecule has 0 amide bonds. The van der Waals surface area contributed by atoms with E-state index in [0.29, 0.717) is 18.4 Å². The summed E-state index contributed by atoms with van der Waals surface area (Å²) >= 11 is 0. The molecule has 1 saturated carbocycles. The van der Waals surface area contributed by atoms with Crippen LogP contribution in [-0.2, 0) is 0 Å². The first-order valence-corrected chi connectivity index (χ1v) is 7.51. The summed E-state index contributed by atoms with van der Waals surface area (Å²) in [7, 11) is 0. The molecule has 0 radical (unpaired) electrons. The fourth-order valence-corrected chi connectivity index (χ4v) is 2.74. The minimum absolute atomic E-state index is 0.636. The predicted octanol–water partition coefficient (Wildman–Crippen LogP) is 3.50. The Balaban J connectivity index is 1.77. The first kappa shape index (κ1) is 14.1. The van der Waals surface area contributed by atoms with Crippen molar-refractivity contribution in [2.75, 3.05) is 18.5 Å². The number of hydrogen-bond acceptors (Lipinski definition) is 4. The molecule has 0 spiro atoms. The average Bonchev–Trinajstić information content (AvgIpc) is 2.46. The average molecular weight is 263 g/mol. The van der Waals surface area contributed by atoms with Crippen LogP contribution in [0.3, 0.4) is 0 Å². The topological polar surface area (TPSA) is 47.0 Å². The van der Waals surface area contributed by atoms with Crippen LogP contribution in [0.1, 0.15) is 46.0 Å². The first-order chi connectivity index (χ1) is 9.31. The quantitative estimate of drug-likeness (QED) is 0.853. The number of aromatic nitrogens is 2. The van der Waals surface area contributed by atoms with Gasteiger partial charge in [0.05, 0.1) is 6.61 Å². The van der Waals surface area contributed by atoms with Gasteiger partial charge in [-0.3, -0.25) is 0 Å². The van der Waals surface area contributed by atoms with Crippen molar-refractivity contribution in [3.8, 4) is 5.88 Å². The van der Waals surface area contributed by atoms with Gasteiger partial charge in [0.1, 0.15) is 0 Å². The Morgan fingerprint density at radius 3 is 2.63 bits per heavy atom. The van der Waals surface area contributed by atoms with E-state index in [2.05, 4.69) is 22.2 Å². The Labute approximate surface area is 116 Å². The summed E-state index contributed by atoms with van der Waals surface area (Å²) in [5, 5.41) is 3.34. The normalized spacial score (nSPS) is 23.1. The van der Waals surface area contributed by atoms with Crippen LogP contribution in [0, 0.1) is 11.8 Å². The lowest BCUT2D eigenvalue weighted by molar-refractivity contribution is 0.278. The van der Waals surface area contributed by atoms with Gasteiger partial charge >= 0.3 is 0 Å². The van der Waals surface area contributed by atoms with Crippen LogP contribution in [-0.4, -0.2) is 23.1 Å². The highest BCUT2D eigenvalue weighted by molar-refractivity contribution is 5.27. The molecule has 1 aromatic rings. The summed E-state index contributed by atoms with van der Waals surface area (Å²) in [5.41, 5.74) is 0. The summed E-state index contributed by atoms with van der Waals surface area (Å²) in [6.07, 6.45) is 8.49. The SMILES string of the molecule is CCOc1ccnc(NCC2CCC(CC)CC2)n1. The monoisotopic (exact) mass is 263 g/mol. The number of nitrogens with zero attached hydrogens (tertiary/aromatic N) is 2. The van der Waals surface area contributed by atoms with Gasteiger partial charge in [0.15, 0.2) is 0 Å². The Morgan fingerprint density at radius 2 is 1.95 bits per heavy atom. The molecule has 1 heterocycles. The molecule has 2 rings (SSSR count). The highest BCUT2D eigenvalue weighted by Crippen LogP contribution is 2.30. The molecule has 0 saturated heterocycles. The fourth-order valence-electron chi connectivity index (χ4n) is 2.74. The smallest absolute Gasteiger partial charge is 0.225 e. The van der Waals surface area contributed by atoms with Crippen LogP contribution in [0.2, 0.25) is 0 Å². The van der Waals surface area contributed by atoms with Gasteiger partial charge in [-0.05, 0) is 31.6 Å². The fraction of sp³-hybridized carbons (Fsp3) is 0.733. The molecule has 1 aliphatic rings. The molecule has 1 N–H and O–H groups in total. The molecule has 106 valence electrons. The maximum atomic E-state index is 5.38. The third kappa shape index (κ3) is 4.37. The number of ether oxygens (including phenoxy) is 1. The van der Waals surface area contributed by atoms with Crippen LogP contribution in [0.5, 0.6) is 5.88 Å². The second kappa shape index (κ2) is 7.31. The predicted molar refractivity (Wildman–Crippen MR) is 77.4 cm³/mol. The Hall–Kier alpha value is -1.32. The minimum Gasteiger partial charge on any atom is -0.478 e. The zero-order valence-corrected chi connectivity index (χ0v) is 12.1. The van der Waals surface area contributed by atoms with Gasteiger partial charge in [0.25, 0.3) is 0 Å². The van der Waals surface area contributed by atoms with Gasteiger partial charge in [-0.15, -0.1) is 0 Å². The second-order valence-corrected chi connectivity index (χ2v) is 5.33. The van der Waals surface area contributed by atoms with Gasteiger partial charge in [-0.2, -0.15) is 4.98 Å². The molecule has 4 nitrogen and oxygen atoms in total. The summed E-state index contributed by atoms with van der Waals surface area (Å²) in [6, 6.07) is 1.79. The van der Waals surface area contributed by atoms with Crippen LogP contribution in [0.15, 0.2) is 12.3 Å². The van der Waals surface area contributed by atoms with Crippen LogP contribution >= 0.6 is 0 Å². The van der Waals surface area contributed by atoms with E-state index in [1.807, 2.05) is 6.92 Å². The molecule has 19 heavy (non-hydrogen) atoms. The molecule has 1 aliphatic carbocycles. The second-order valence-electron chi connectivity index (χ2n) is 5.33. The maximum absolute atomic E-state index is 5.38. The number of rotatable bonds is 6. The number of nitrogens with one attached hydrogen (secondary N) is 1. The Kier molecular flexibility index (Phi) is 5.43. The summed E-state index contributed by atoms with van der Waals surface area (Å²) < 4.78 is 5.38. The zero-order valence-electron chi connectivity index (χ0n) is 12.1. The van der Waals surface area contributed by atoms with Crippen LogP contribution in [0.25, 0.3) is 0 Å². The molecule has 1 aromatic heterocycles. The van der Waals surface area contributed by atoms with Crippen molar-refractivity contribution >= 4 is 5.95 Å². The van der Waals surface area contributed by atoms with Crippen molar-refractivity contribution < 1.29 is 4.74 Å². The van der Waals surface area contributed by atoms with Crippen molar-refractivity contribution in [1.82, 2.24) is 9.97 Å². The largest absolute Gasteiger partial charge is 0.478 e. The van der Waals surface area contributed by atoms with Gasteiger partial charge in [-0.1, -0.05) is 26.2 Å². The van der Waals surface area contributed by atoms with Crippen molar-refractivity contribution in [3.05, 3.63) is 12.3 Å². The van der Waals surface area contributed by atoms with Crippen molar-refractivity contribution in [1.29, 1.82) is 0 Å². The van der Waals surface area contributed by atoms with Crippen molar-refractivity contribution in [2.45, 2.75) is 46.0 Å². The Morgan fingerprint density at radius 1 is 1.21 bits per heavy atom. The van der Waals surface area contributed by atoms with Gasteiger partial charge in [-0.25, -0.2) is 4.98 Å². The van der Waals surface area contributed by atoms with E-state index in [1.54, 1.807) is 12.3 Å². The molecular weight excluding hydrogens is 238 g/mol. The first-order valence-electron chi connectivity index (χ1n) is 7.51. The van der Waals surface area contributed by atoms with E-state index in [-0.39, 0.29) is 0 Å². The van der Waals surface area contributed by atoms with E-state index in [4.69, 9.17) is 4.74 Å². The molecular formula is C15H25N3O. The summed E-state index contributed by atoms with van der Waals surface area (Å²) in [5.74, 6) is 3.05. The molecule has 0 unspecified atom stereocenters. The lowest BCUT2D eigenvalue weighted by atomic mass is 9.81. The molecule has 1 fully saturated rings. The number of anilines is 1. The lowest BCUT2D eigenvalue weighted by Crippen LogP contribution is -2.21. The van der Waals surface area contributed by atoms with Crippen molar-refractivity contribution in [2.24, 2.45) is 11.8 Å². The highest BCUT2D eigenvalue weighted by atomic mass is 16.5. The number of hydrogen-bond donors (Lipinski definition) is 1.